The molecular formula is C13H18BrNO3. The Hall–Kier alpha value is -1.07. The van der Waals surface area contributed by atoms with Gasteiger partial charge < -0.3 is 15.2 Å². The monoisotopic (exact) mass is 315 g/mol. The summed E-state index contributed by atoms with van der Waals surface area (Å²) in [5.41, 5.74) is 6.93. The van der Waals surface area contributed by atoms with Gasteiger partial charge in [-0.1, -0.05) is 22.9 Å². The van der Waals surface area contributed by atoms with Crippen molar-refractivity contribution < 1.29 is 14.3 Å². The number of ether oxygens (including phenoxy) is 2. The SMILES string of the molecule is CCC(N)Cc1cc(Br)ccc1OCC(=O)OC. The maximum Gasteiger partial charge on any atom is 0.343 e. The standard InChI is InChI=1S/C13H18BrNO3/c1-3-11(15)7-9-6-10(14)4-5-12(9)18-8-13(16)17-2/h4-6,11H,3,7-8,15H2,1-2H3. The number of carbonyl (C=O) groups excluding carboxylic acids is 1. The van der Waals surface area contributed by atoms with Crippen LogP contribution in [0.5, 0.6) is 5.75 Å². The second-order valence-electron chi connectivity index (χ2n) is 3.99. The molecule has 0 amide bonds. The molecule has 18 heavy (non-hydrogen) atoms. The zero-order chi connectivity index (χ0) is 13.5. The first kappa shape index (κ1) is 15.0. The summed E-state index contributed by atoms with van der Waals surface area (Å²) in [7, 11) is 1.33. The molecule has 0 radical (unpaired) electrons. The molecule has 1 atom stereocenters. The summed E-state index contributed by atoms with van der Waals surface area (Å²) >= 11 is 3.41. The predicted octanol–water partition coefficient (Wildman–Crippen LogP) is 2.28. The number of esters is 1. The lowest BCUT2D eigenvalue weighted by molar-refractivity contribution is -0.142. The van der Waals surface area contributed by atoms with Crippen LogP contribution in [0.25, 0.3) is 0 Å². The Kier molecular flexibility index (Phi) is 6.15. The summed E-state index contributed by atoms with van der Waals surface area (Å²) < 4.78 is 10.9. The van der Waals surface area contributed by atoms with Gasteiger partial charge in [0.05, 0.1) is 7.11 Å². The topological polar surface area (TPSA) is 61.5 Å². The number of rotatable bonds is 6. The zero-order valence-electron chi connectivity index (χ0n) is 10.6. The highest BCUT2D eigenvalue weighted by Crippen LogP contribution is 2.24. The first-order valence-electron chi connectivity index (χ1n) is 5.80. The highest BCUT2D eigenvalue weighted by Gasteiger charge is 2.10. The maximum absolute atomic E-state index is 11.1. The Labute approximate surface area is 116 Å². The van der Waals surface area contributed by atoms with Gasteiger partial charge in [-0.25, -0.2) is 4.79 Å². The number of halogens is 1. The molecule has 5 heteroatoms. The third-order valence-electron chi connectivity index (χ3n) is 2.60. The van der Waals surface area contributed by atoms with E-state index in [9.17, 15) is 4.79 Å². The van der Waals surface area contributed by atoms with Gasteiger partial charge in [-0.3, -0.25) is 0 Å². The molecule has 0 spiro atoms. The first-order chi connectivity index (χ1) is 8.56. The van der Waals surface area contributed by atoms with Crippen LogP contribution in [0.2, 0.25) is 0 Å². The minimum atomic E-state index is -0.399. The molecule has 0 saturated carbocycles. The first-order valence-corrected chi connectivity index (χ1v) is 6.59. The molecule has 0 aromatic heterocycles. The van der Waals surface area contributed by atoms with Crippen LogP contribution in [-0.4, -0.2) is 25.7 Å². The fraction of sp³-hybridized carbons (Fsp3) is 0.462. The molecular weight excluding hydrogens is 298 g/mol. The fourth-order valence-corrected chi connectivity index (χ4v) is 1.88. The predicted molar refractivity (Wildman–Crippen MR) is 73.6 cm³/mol. The average Bonchev–Trinajstić information content (AvgIpc) is 2.37. The van der Waals surface area contributed by atoms with E-state index in [1.54, 1.807) is 0 Å². The average molecular weight is 316 g/mol. The summed E-state index contributed by atoms with van der Waals surface area (Å²) in [6, 6.07) is 5.74. The molecule has 0 fully saturated rings. The van der Waals surface area contributed by atoms with E-state index < -0.39 is 5.97 Å². The summed E-state index contributed by atoms with van der Waals surface area (Å²) in [4.78, 5) is 11.1. The quantitative estimate of drug-likeness (QED) is 0.818. The van der Waals surface area contributed by atoms with Gasteiger partial charge in [0.25, 0.3) is 0 Å². The largest absolute Gasteiger partial charge is 0.482 e. The van der Waals surface area contributed by atoms with E-state index in [1.165, 1.54) is 7.11 Å². The van der Waals surface area contributed by atoms with E-state index in [-0.39, 0.29) is 12.6 Å². The van der Waals surface area contributed by atoms with Gasteiger partial charge in [0, 0.05) is 10.5 Å². The van der Waals surface area contributed by atoms with Crippen LogP contribution >= 0.6 is 15.9 Å². The lowest BCUT2D eigenvalue weighted by Gasteiger charge is -2.14. The van der Waals surface area contributed by atoms with Crippen LogP contribution in [-0.2, 0) is 16.0 Å². The Bertz CT molecular complexity index is 409. The number of nitrogens with two attached hydrogens (primary N) is 1. The molecule has 1 aromatic rings. The smallest absolute Gasteiger partial charge is 0.343 e. The van der Waals surface area contributed by atoms with E-state index in [0.29, 0.717) is 12.2 Å². The van der Waals surface area contributed by atoms with Crippen LogP contribution in [0, 0.1) is 0 Å². The molecule has 0 aliphatic heterocycles. The Balaban J connectivity index is 2.79. The van der Waals surface area contributed by atoms with Crippen LogP contribution in [0.15, 0.2) is 22.7 Å². The lowest BCUT2D eigenvalue weighted by atomic mass is 10.0. The summed E-state index contributed by atoms with van der Waals surface area (Å²) in [6.45, 7) is 1.95. The van der Waals surface area contributed by atoms with Crippen molar-refractivity contribution >= 4 is 21.9 Å². The van der Waals surface area contributed by atoms with E-state index in [2.05, 4.69) is 20.7 Å². The van der Waals surface area contributed by atoms with Crippen molar-refractivity contribution in [3.05, 3.63) is 28.2 Å². The minimum absolute atomic E-state index is 0.0831. The fourth-order valence-electron chi connectivity index (χ4n) is 1.47. The molecule has 100 valence electrons. The maximum atomic E-state index is 11.1. The molecule has 0 saturated heterocycles. The summed E-state index contributed by atoms with van der Waals surface area (Å²) in [6.07, 6.45) is 1.61. The van der Waals surface area contributed by atoms with E-state index >= 15 is 0 Å². The zero-order valence-corrected chi connectivity index (χ0v) is 12.2. The van der Waals surface area contributed by atoms with Crippen LogP contribution < -0.4 is 10.5 Å². The lowest BCUT2D eigenvalue weighted by Crippen LogP contribution is -2.22. The molecule has 4 nitrogen and oxygen atoms in total. The van der Waals surface area contributed by atoms with Crippen molar-refractivity contribution in [2.24, 2.45) is 5.73 Å². The van der Waals surface area contributed by atoms with E-state index in [4.69, 9.17) is 10.5 Å². The van der Waals surface area contributed by atoms with Crippen molar-refractivity contribution in [2.45, 2.75) is 25.8 Å². The molecule has 1 aromatic carbocycles. The highest BCUT2D eigenvalue weighted by atomic mass is 79.9. The van der Waals surface area contributed by atoms with Gasteiger partial charge in [0.15, 0.2) is 6.61 Å². The van der Waals surface area contributed by atoms with Gasteiger partial charge in [0.2, 0.25) is 0 Å². The van der Waals surface area contributed by atoms with E-state index in [0.717, 1.165) is 16.5 Å². The number of carbonyl (C=O) groups is 1. The van der Waals surface area contributed by atoms with E-state index in [1.807, 2.05) is 25.1 Å². The van der Waals surface area contributed by atoms with Crippen molar-refractivity contribution in [3.63, 3.8) is 0 Å². The number of methoxy groups -OCH3 is 1. The highest BCUT2D eigenvalue weighted by molar-refractivity contribution is 9.10. The normalized spacial score (nSPS) is 12.0. The van der Waals surface area contributed by atoms with Gasteiger partial charge in [0.1, 0.15) is 5.75 Å². The second-order valence-corrected chi connectivity index (χ2v) is 4.90. The van der Waals surface area contributed by atoms with Crippen LogP contribution in [0.4, 0.5) is 0 Å². The van der Waals surface area contributed by atoms with Gasteiger partial charge in [-0.2, -0.15) is 0 Å². The van der Waals surface area contributed by atoms with Crippen molar-refractivity contribution in [1.29, 1.82) is 0 Å². The third-order valence-corrected chi connectivity index (χ3v) is 3.10. The molecule has 0 aliphatic carbocycles. The Morgan fingerprint density at radius 1 is 1.50 bits per heavy atom. The molecule has 0 heterocycles. The molecule has 1 unspecified atom stereocenters. The number of hydrogen-bond donors (Lipinski definition) is 1. The molecule has 0 bridgehead atoms. The Morgan fingerprint density at radius 2 is 2.22 bits per heavy atom. The van der Waals surface area contributed by atoms with Crippen LogP contribution in [0.1, 0.15) is 18.9 Å². The van der Waals surface area contributed by atoms with Crippen molar-refractivity contribution in [3.8, 4) is 5.75 Å². The summed E-state index contributed by atoms with van der Waals surface area (Å²) in [5.74, 6) is 0.274. The molecule has 2 N–H and O–H groups in total. The van der Waals surface area contributed by atoms with Gasteiger partial charge in [-0.05, 0) is 36.6 Å². The number of hydrogen-bond acceptors (Lipinski definition) is 4. The van der Waals surface area contributed by atoms with Crippen molar-refractivity contribution in [1.82, 2.24) is 0 Å². The Morgan fingerprint density at radius 3 is 2.83 bits per heavy atom. The minimum Gasteiger partial charge on any atom is -0.482 e. The van der Waals surface area contributed by atoms with Crippen LogP contribution in [0.3, 0.4) is 0 Å². The summed E-state index contributed by atoms with van der Waals surface area (Å²) in [5, 5.41) is 0. The molecule has 0 aliphatic rings. The third kappa shape index (κ3) is 4.66. The molecule has 1 rings (SSSR count). The van der Waals surface area contributed by atoms with Crippen molar-refractivity contribution in [2.75, 3.05) is 13.7 Å². The second kappa shape index (κ2) is 7.38. The van der Waals surface area contributed by atoms with Gasteiger partial charge >= 0.3 is 5.97 Å². The number of benzene rings is 1. The van der Waals surface area contributed by atoms with Gasteiger partial charge in [-0.15, -0.1) is 0 Å².